The summed E-state index contributed by atoms with van der Waals surface area (Å²) in [6.07, 6.45) is 4.41. The third-order valence-corrected chi connectivity index (χ3v) is 2.94. The smallest absolute Gasteiger partial charge is 0.106 e. The van der Waals surface area contributed by atoms with Gasteiger partial charge in [-0.25, -0.2) is 4.98 Å². The van der Waals surface area contributed by atoms with Crippen molar-refractivity contribution in [3.8, 4) is 0 Å². The lowest BCUT2D eigenvalue weighted by atomic mass is 10.0. The third-order valence-electron chi connectivity index (χ3n) is 2.78. The molecule has 1 unspecified atom stereocenters. The number of imidazole rings is 1. The summed E-state index contributed by atoms with van der Waals surface area (Å²) in [5.74, 6) is 0.968. The van der Waals surface area contributed by atoms with Gasteiger partial charge in [-0.2, -0.15) is 0 Å². The van der Waals surface area contributed by atoms with Crippen molar-refractivity contribution in [2.24, 2.45) is 5.73 Å². The molecule has 0 saturated heterocycles. The molecule has 4 heteroatoms. The second-order valence-electron chi connectivity index (χ2n) is 3.98. The van der Waals surface area contributed by atoms with Crippen molar-refractivity contribution in [3.05, 3.63) is 54.1 Å². The van der Waals surface area contributed by atoms with Crippen LogP contribution in [0.5, 0.6) is 0 Å². The Hall–Kier alpha value is -1.68. The number of aryl methyl sites for hydroxylation is 1. The van der Waals surface area contributed by atoms with Gasteiger partial charge in [0.2, 0.25) is 0 Å². The van der Waals surface area contributed by atoms with Crippen LogP contribution in [0.3, 0.4) is 0 Å². The first-order chi connectivity index (χ1) is 8.18. The van der Waals surface area contributed by atoms with E-state index in [1.54, 1.807) is 6.20 Å². The molecular formula is C13H15N3S. The Morgan fingerprint density at radius 1 is 1.41 bits per heavy atom. The third kappa shape index (κ3) is 2.71. The van der Waals surface area contributed by atoms with Crippen LogP contribution in [0, 0.1) is 6.92 Å². The van der Waals surface area contributed by atoms with E-state index in [4.69, 9.17) is 18.0 Å². The van der Waals surface area contributed by atoms with E-state index in [-0.39, 0.29) is 6.04 Å². The first-order valence-electron chi connectivity index (χ1n) is 5.51. The molecule has 0 aliphatic carbocycles. The van der Waals surface area contributed by atoms with Crippen LogP contribution in [0.15, 0.2) is 42.7 Å². The number of thiocarbonyl (C=S) groups is 1. The first kappa shape index (κ1) is 11.8. The SMILES string of the molecule is Cc1nccn1C(CC(N)=S)c1ccccc1. The van der Waals surface area contributed by atoms with Gasteiger partial charge in [-0.15, -0.1) is 0 Å². The van der Waals surface area contributed by atoms with Crippen molar-refractivity contribution in [1.82, 2.24) is 9.55 Å². The largest absolute Gasteiger partial charge is 0.393 e. The van der Waals surface area contributed by atoms with Crippen LogP contribution >= 0.6 is 12.2 Å². The zero-order valence-corrected chi connectivity index (χ0v) is 10.5. The summed E-state index contributed by atoms with van der Waals surface area (Å²) < 4.78 is 2.11. The molecule has 2 N–H and O–H groups in total. The number of hydrogen-bond donors (Lipinski definition) is 1. The van der Waals surface area contributed by atoms with Crippen molar-refractivity contribution < 1.29 is 0 Å². The molecule has 2 rings (SSSR count). The fourth-order valence-corrected chi connectivity index (χ4v) is 2.12. The maximum atomic E-state index is 5.68. The van der Waals surface area contributed by atoms with Gasteiger partial charge in [0, 0.05) is 18.8 Å². The fraction of sp³-hybridized carbons (Fsp3) is 0.231. The van der Waals surface area contributed by atoms with Crippen molar-refractivity contribution >= 4 is 17.2 Å². The van der Waals surface area contributed by atoms with Crippen molar-refractivity contribution in [2.75, 3.05) is 0 Å². The Morgan fingerprint density at radius 3 is 2.65 bits per heavy atom. The molecule has 0 aliphatic rings. The van der Waals surface area contributed by atoms with E-state index in [1.165, 1.54) is 5.56 Å². The van der Waals surface area contributed by atoms with Gasteiger partial charge >= 0.3 is 0 Å². The van der Waals surface area contributed by atoms with E-state index < -0.39 is 0 Å². The van der Waals surface area contributed by atoms with Crippen LogP contribution in [-0.4, -0.2) is 14.5 Å². The summed E-state index contributed by atoms with van der Waals surface area (Å²) >= 11 is 5.03. The molecule has 0 radical (unpaired) electrons. The quantitative estimate of drug-likeness (QED) is 0.841. The standard InChI is InChI=1S/C13H15N3S/c1-10-15-7-8-16(10)12(9-13(14)17)11-5-3-2-4-6-11/h2-8,12H,9H2,1H3,(H2,14,17). The van der Waals surface area contributed by atoms with E-state index in [2.05, 4.69) is 21.7 Å². The molecule has 1 atom stereocenters. The molecule has 0 amide bonds. The summed E-state index contributed by atoms with van der Waals surface area (Å²) in [4.78, 5) is 4.77. The molecule has 3 nitrogen and oxygen atoms in total. The van der Waals surface area contributed by atoms with E-state index >= 15 is 0 Å². The van der Waals surface area contributed by atoms with E-state index in [0.717, 1.165) is 5.82 Å². The molecule has 0 saturated carbocycles. The normalized spacial score (nSPS) is 12.3. The van der Waals surface area contributed by atoms with Crippen LogP contribution in [-0.2, 0) is 0 Å². The lowest BCUT2D eigenvalue weighted by Crippen LogP contribution is -2.19. The number of nitrogens with two attached hydrogens (primary N) is 1. The highest BCUT2D eigenvalue weighted by Gasteiger charge is 2.15. The molecular weight excluding hydrogens is 230 g/mol. The molecule has 2 aromatic rings. The second kappa shape index (κ2) is 5.10. The van der Waals surface area contributed by atoms with Gasteiger partial charge < -0.3 is 10.3 Å². The topological polar surface area (TPSA) is 43.8 Å². The number of benzene rings is 1. The van der Waals surface area contributed by atoms with Crippen LogP contribution < -0.4 is 5.73 Å². The van der Waals surface area contributed by atoms with Crippen LogP contribution in [0.25, 0.3) is 0 Å². The van der Waals surface area contributed by atoms with Crippen molar-refractivity contribution in [1.29, 1.82) is 0 Å². The van der Waals surface area contributed by atoms with Gasteiger partial charge in [0.25, 0.3) is 0 Å². The van der Waals surface area contributed by atoms with Gasteiger partial charge in [-0.3, -0.25) is 0 Å². The molecule has 1 aromatic carbocycles. The average Bonchev–Trinajstić information content (AvgIpc) is 2.73. The Labute approximate surface area is 106 Å². The van der Waals surface area contributed by atoms with Crippen LogP contribution in [0.4, 0.5) is 0 Å². The van der Waals surface area contributed by atoms with Crippen LogP contribution in [0.1, 0.15) is 23.9 Å². The number of aromatic nitrogens is 2. The minimum absolute atomic E-state index is 0.135. The Bertz CT molecular complexity index is 504. The van der Waals surface area contributed by atoms with Gasteiger partial charge in [0.05, 0.1) is 11.0 Å². The van der Waals surface area contributed by atoms with E-state index in [0.29, 0.717) is 11.4 Å². The number of rotatable bonds is 4. The summed E-state index contributed by atoms with van der Waals surface area (Å²) in [6.45, 7) is 1.98. The average molecular weight is 245 g/mol. The zero-order valence-electron chi connectivity index (χ0n) is 9.71. The molecule has 1 aromatic heterocycles. The molecule has 0 aliphatic heterocycles. The Morgan fingerprint density at radius 2 is 2.12 bits per heavy atom. The maximum absolute atomic E-state index is 5.68. The Kier molecular flexibility index (Phi) is 3.54. The maximum Gasteiger partial charge on any atom is 0.106 e. The predicted octanol–water partition coefficient (Wildman–Crippen LogP) is 2.46. The summed E-state index contributed by atoms with van der Waals surface area (Å²) in [7, 11) is 0. The highest BCUT2D eigenvalue weighted by Crippen LogP contribution is 2.23. The van der Waals surface area contributed by atoms with Gasteiger partial charge in [-0.05, 0) is 12.5 Å². The minimum Gasteiger partial charge on any atom is -0.393 e. The minimum atomic E-state index is 0.135. The van der Waals surface area contributed by atoms with E-state index in [1.807, 2.05) is 31.3 Å². The number of hydrogen-bond acceptors (Lipinski definition) is 2. The van der Waals surface area contributed by atoms with Crippen LogP contribution in [0.2, 0.25) is 0 Å². The molecule has 0 fully saturated rings. The molecule has 17 heavy (non-hydrogen) atoms. The lowest BCUT2D eigenvalue weighted by molar-refractivity contribution is 0.589. The lowest BCUT2D eigenvalue weighted by Gasteiger charge is -2.20. The van der Waals surface area contributed by atoms with Gasteiger partial charge in [-0.1, -0.05) is 42.5 Å². The predicted molar refractivity (Wildman–Crippen MR) is 72.9 cm³/mol. The molecule has 0 spiro atoms. The van der Waals surface area contributed by atoms with Crippen molar-refractivity contribution in [3.63, 3.8) is 0 Å². The summed E-state index contributed by atoms with van der Waals surface area (Å²) in [5.41, 5.74) is 6.88. The fourth-order valence-electron chi connectivity index (χ4n) is 1.96. The molecule has 88 valence electrons. The van der Waals surface area contributed by atoms with E-state index in [9.17, 15) is 0 Å². The zero-order chi connectivity index (χ0) is 12.3. The highest BCUT2D eigenvalue weighted by atomic mass is 32.1. The number of nitrogens with zero attached hydrogens (tertiary/aromatic N) is 2. The monoisotopic (exact) mass is 245 g/mol. The Balaban J connectivity index is 2.39. The summed E-state index contributed by atoms with van der Waals surface area (Å²) in [5, 5.41) is 0. The molecule has 1 heterocycles. The summed E-state index contributed by atoms with van der Waals surface area (Å²) in [6, 6.07) is 10.4. The second-order valence-corrected chi connectivity index (χ2v) is 4.50. The van der Waals surface area contributed by atoms with Crippen molar-refractivity contribution in [2.45, 2.75) is 19.4 Å². The highest BCUT2D eigenvalue weighted by molar-refractivity contribution is 7.80. The van der Waals surface area contributed by atoms with Gasteiger partial charge in [0.15, 0.2) is 0 Å². The van der Waals surface area contributed by atoms with Gasteiger partial charge in [0.1, 0.15) is 5.82 Å². The molecule has 0 bridgehead atoms. The first-order valence-corrected chi connectivity index (χ1v) is 5.92.